The van der Waals surface area contributed by atoms with Gasteiger partial charge in [-0.25, -0.2) is 4.79 Å². The smallest absolute Gasteiger partial charge is 0.337 e. The largest absolute Gasteiger partial charge is 0.489 e. The molecule has 0 radical (unpaired) electrons. The molecule has 9 nitrogen and oxygen atoms in total. The number of aliphatic hydroxyl groups is 4. The van der Waals surface area contributed by atoms with Gasteiger partial charge < -0.3 is 35.2 Å². The van der Waals surface area contributed by atoms with E-state index in [1.165, 1.54) is 6.07 Å². The number of rotatable bonds is 6. The fourth-order valence-electron chi connectivity index (χ4n) is 5.00. The third-order valence-electron chi connectivity index (χ3n) is 6.82. The predicted molar refractivity (Wildman–Crippen MR) is 132 cm³/mol. The Balaban J connectivity index is 1.32. The van der Waals surface area contributed by atoms with E-state index in [1.54, 1.807) is 30.3 Å². The van der Waals surface area contributed by atoms with E-state index in [9.17, 15) is 35.1 Å². The van der Waals surface area contributed by atoms with E-state index in [1.807, 2.05) is 24.3 Å². The van der Waals surface area contributed by atoms with E-state index in [4.69, 9.17) is 16.3 Å². The van der Waals surface area contributed by atoms with Crippen LogP contribution in [0.5, 0.6) is 5.75 Å². The molecule has 1 fully saturated rings. The molecular weight excluding hydrogens is 502 g/mol. The summed E-state index contributed by atoms with van der Waals surface area (Å²) < 4.78 is 5.92. The van der Waals surface area contributed by atoms with Crippen molar-refractivity contribution in [1.82, 2.24) is 4.90 Å². The normalized spacial score (nSPS) is 18.2. The van der Waals surface area contributed by atoms with E-state index < -0.39 is 29.5 Å². The number of carbonyl (C=O) groups excluding carboxylic acids is 1. The minimum absolute atomic E-state index is 0.0134. The molecule has 0 spiro atoms. The van der Waals surface area contributed by atoms with Crippen molar-refractivity contribution in [2.24, 2.45) is 0 Å². The molecule has 37 heavy (non-hydrogen) atoms. The third-order valence-corrected chi connectivity index (χ3v) is 7.15. The molecular formula is C27H24ClNO8. The Morgan fingerprint density at radius 2 is 1.68 bits per heavy atom. The molecule has 5 rings (SSSR count). The van der Waals surface area contributed by atoms with E-state index in [0.29, 0.717) is 22.4 Å². The minimum Gasteiger partial charge on any atom is -0.489 e. The summed E-state index contributed by atoms with van der Waals surface area (Å²) in [6.07, 6.45) is -0.544. The average molecular weight is 526 g/mol. The highest BCUT2D eigenvalue weighted by Gasteiger charge is 2.59. The second-order valence-electron chi connectivity index (χ2n) is 9.40. The van der Waals surface area contributed by atoms with Crippen LogP contribution in [0.15, 0.2) is 60.7 Å². The van der Waals surface area contributed by atoms with Crippen molar-refractivity contribution in [3.05, 3.63) is 87.9 Å². The predicted octanol–water partition coefficient (Wildman–Crippen LogP) is 2.76. The number of carbonyl (C=O) groups is 2. The van der Waals surface area contributed by atoms with Gasteiger partial charge in [-0.2, -0.15) is 0 Å². The highest BCUT2D eigenvalue weighted by Crippen LogP contribution is 2.42. The molecule has 1 amide bonds. The molecule has 0 aromatic heterocycles. The van der Waals surface area contributed by atoms with Crippen LogP contribution in [-0.4, -0.2) is 59.9 Å². The van der Waals surface area contributed by atoms with Gasteiger partial charge in [0.1, 0.15) is 18.4 Å². The summed E-state index contributed by atoms with van der Waals surface area (Å²) in [6.45, 7) is 0.165. The molecule has 0 bridgehead atoms. The summed E-state index contributed by atoms with van der Waals surface area (Å²) in [7, 11) is 0. The maximum atomic E-state index is 12.9. The van der Waals surface area contributed by atoms with Gasteiger partial charge in [0.25, 0.3) is 5.91 Å². The lowest BCUT2D eigenvalue weighted by Gasteiger charge is -2.37. The number of ether oxygens (including phenoxy) is 1. The summed E-state index contributed by atoms with van der Waals surface area (Å²) in [4.78, 5) is 25.4. The van der Waals surface area contributed by atoms with Crippen LogP contribution in [0.25, 0.3) is 11.1 Å². The molecule has 1 saturated carbocycles. The van der Waals surface area contributed by atoms with Gasteiger partial charge in [-0.15, -0.1) is 0 Å². The summed E-state index contributed by atoms with van der Waals surface area (Å²) >= 11 is 5.98. The number of benzene rings is 3. The van der Waals surface area contributed by atoms with Gasteiger partial charge in [0, 0.05) is 24.9 Å². The number of amides is 1. The van der Waals surface area contributed by atoms with Crippen LogP contribution >= 0.6 is 11.6 Å². The van der Waals surface area contributed by atoms with Crippen molar-refractivity contribution in [2.45, 2.75) is 43.6 Å². The molecule has 2 aliphatic rings. The lowest BCUT2D eigenvalue weighted by atomic mass is 10.0. The van der Waals surface area contributed by atoms with Crippen LogP contribution in [0.1, 0.15) is 44.7 Å². The Labute approximate surface area is 216 Å². The maximum absolute atomic E-state index is 12.9. The molecule has 3 aromatic carbocycles. The average Bonchev–Trinajstić information content (AvgIpc) is 3.28. The lowest BCUT2D eigenvalue weighted by molar-refractivity contribution is -0.255. The second-order valence-corrected chi connectivity index (χ2v) is 9.81. The Morgan fingerprint density at radius 1 is 0.973 bits per heavy atom. The van der Waals surface area contributed by atoms with Gasteiger partial charge in [0.2, 0.25) is 0 Å². The second kappa shape index (κ2) is 9.13. The standard InChI is InChI=1S/C27H24ClNO8/c28-22-7-4-17(12-21(22)24(31)32)16-3-1-2-15(10-16)14-37-19-5-6-20-18(11-19)13-29(23(20)30)25-26(33,34)8-9-27(25,35)36/h1-7,10-12,25,33-36H,8-9,13-14H2,(H,31,32). The molecule has 10 heteroatoms. The Hall–Kier alpha value is -3.47. The first-order valence-corrected chi connectivity index (χ1v) is 11.9. The Bertz CT molecular complexity index is 1390. The Kier molecular flexibility index (Phi) is 6.21. The molecule has 192 valence electrons. The van der Waals surface area contributed by atoms with Gasteiger partial charge in [0.15, 0.2) is 11.6 Å². The van der Waals surface area contributed by atoms with Crippen molar-refractivity contribution in [2.75, 3.05) is 0 Å². The number of hydrogen-bond acceptors (Lipinski definition) is 7. The van der Waals surface area contributed by atoms with Crippen molar-refractivity contribution in [1.29, 1.82) is 0 Å². The van der Waals surface area contributed by atoms with Gasteiger partial charge in [-0.3, -0.25) is 4.79 Å². The zero-order valence-electron chi connectivity index (χ0n) is 19.5. The van der Waals surface area contributed by atoms with Gasteiger partial charge in [0.05, 0.1) is 10.6 Å². The fourth-order valence-corrected chi connectivity index (χ4v) is 5.20. The highest BCUT2D eigenvalue weighted by atomic mass is 35.5. The number of nitrogens with zero attached hydrogens (tertiary/aromatic N) is 1. The zero-order chi connectivity index (χ0) is 26.5. The first-order chi connectivity index (χ1) is 17.5. The SMILES string of the molecule is O=C(O)c1cc(-c2cccc(COc3ccc4c(c3)CN(C3C(O)(O)CCC3(O)O)C4=O)c2)ccc1Cl. The summed E-state index contributed by atoms with van der Waals surface area (Å²) in [5.74, 6) is -5.99. The van der Waals surface area contributed by atoms with Gasteiger partial charge >= 0.3 is 5.97 Å². The molecule has 0 saturated heterocycles. The highest BCUT2D eigenvalue weighted by molar-refractivity contribution is 6.33. The number of halogens is 1. The number of hydrogen-bond donors (Lipinski definition) is 5. The van der Waals surface area contributed by atoms with Gasteiger partial charge in [-0.05, 0) is 58.7 Å². The molecule has 3 aromatic rings. The number of aromatic carboxylic acids is 1. The first-order valence-electron chi connectivity index (χ1n) is 11.5. The monoisotopic (exact) mass is 525 g/mol. The lowest BCUT2D eigenvalue weighted by Crippen LogP contribution is -2.59. The summed E-state index contributed by atoms with van der Waals surface area (Å²) in [5.41, 5.74) is 3.21. The van der Waals surface area contributed by atoms with Crippen LogP contribution in [0.2, 0.25) is 5.02 Å². The molecule has 0 unspecified atom stereocenters. The van der Waals surface area contributed by atoms with Crippen molar-refractivity contribution in [3.8, 4) is 16.9 Å². The number of carboxylic acid groups (broad SMARTS) is 1. The van der Waals surface area contributed by atoms with E-state index in [-0.39, 0.29) is 36.6 Å². The number of fused-ring (bicyclic) bond motifs is 1. The Morgan fingerprint density at radius 3 is 2.38 bits per heavy atom. The number of carboxylic acids is 1. The van der Waals surface area contributed by atoms with Crippen LogP contribution in [0.4, 0.5) is 0 Å². The molecule has 0 atom stereocenters. The fraction of sp³-hybridized carbons (Fsp3) is 0.259. The van der Waals surface area contributed by atoms with E-state index in [0.717, 1.165) is 16.0 Å². The van der Waals surface area contributed by atoms with Crippen molar-refractivity contribution < 1.29 is 39.9 Å². The van der Waals surface area contributed by atoms with Crippen LogP contribution < -0.4 is 4.74 Å². The van der Waals surface area contributed by atoms with Crippen LogP contribution in [0, 0.1) is 0 Å². The molecule has 1 aliphatic carbocycles. The summed E-state index contributed by atoms with van der Waals surface area (Å²) in [5, 5.41) is 50.5. The van der Waals surface area contributed by atoms with Gasteiger partial charge in [-0.1, -0.05) is 35.9 Å². The van der Waals surface area contributed by atoms with Crippen molar-refractivity contribution in [3.63, 3.8) is 0 Å². The van der Waals surface area contributed by atoms with E-state index in [2.05, 4.69) is 0 Å². The summed E-state index contributed by atoms with van der Waals surface area (Å²) in [6, 6.07) is 15.5. The maximum Gasteiger partial charge on any atom is 0.337 e. The van der Waals surface area contributed by atoms with Crippen LogP contribution in [-0.2, 0) is 13.2 Å². The minimum atomic E-state index is -2.42. The molecule has 5 N–H and O–H groups in total. The first kappa shape index (κ1) is 25.2. The quantitative estimate of drug-likeness (QED) is 0.309. The zero-order valence-corrected chi connectivity index (χ0v) is 20.2. The van der Waals surface area contributed by atoms with Crippen molar-refractivity contribution >= 4 is 23.5 Å². The van der Waals surface area contributed by atoms with Crippen LogP contribution in [0.3, 0.4) is 0 Å². The molecule has 1 aliphatic heterocycles. The topological polar surface area (TPSA) is 148 Å². The third kappa shape index (κ3) is 4.68. The molecule has 1 heterocycles. The van der Waals surface area contributed by atoms with E-state index >= 15 is 0 Å².